The van der Waals surface area contributed by atoms with E-state index in [1.165, 1.54) is 15.3 Å². The van der Waals surface area contributed by atoms with Gasteiger partial charge in [-0.1, -0.05) is 0 Å². The Bertz CT molecular complexity index is 587. The number of aryl methyl sites for hydroxylation is 2. The summed E-state index contributed by atoms with van der Waals surface area (Å²) in [7, 11) is 0. The molecule has 2 rings (SSSR count). The standard InChI is InChI=1S/C15H18N2OS/c1-9-8-14(11(3)19-9)10(2)17-15(18)12-4-6-13(16)7-5-12/h4-8,10H,16H2,1-3H3,(H,17,18). The van der Waals surface area contributed by atoms with Crippen LogP contribution in [0.5, 0.6) is 0 Å². The second-order valence-electron chi connectivity index (χ2n) is 4.69. The van der Waals surface area contributed by atoms with E-state index in [1.54, 1.807) is 35.6 Å². The predicted octanol–water partition coefficient (Wildman–Crippen LogP) is 3.44. The molecule has 3 N–H and O–H groups in total. The Kier molecular flexibility index (Phi) is 3.90. The summed E-state index contributed by atoms with van der Waals surface area (Å²) in [6.07, 6.45) is 0. The van der Waals surface area contributed by atoms with Crippen molar-refractivity contribution in [2.45, 2.75) is 26.8 Å². The maximum atomic E-state index is 12.1. The van der Waals surface area contributed by atoms with Crippen LogP contribution in [0.3, 0.4) is 0 Å². The Morgan fingerprint density at radius 1 is 1.26 bits per heavy atom. The zero-order valence-electron chi connectivity index (χ0n) is 11.4. The van der Waals surface area contributed by atoms with Crippen LogP contribution in [0.4, 0.5) is 5.69 Å². The molecule has 1 atom stereocenters. The van der Waals surface area contributed by atoms with E-state index in [0.29, 0.717) is 11.3 Å². The van der Waals surface area contributed by atoms with Crippen molar-refractivity contribution < 1.29 is 4.79 Å². The van der Waals surface area contributed by atoms with Crippen LogP contribution in [0, 0.1) is 13.8 Å². The van der Waals surface area contributed by atoms with Gasteiger partial charge in [0.05, 0.1) is 6.04 Å². The largest absolute Gasteiger partial charge is 0.399 e. The smallest absolute Gasteiger partial charge is 0.251 e. The van der Waals surface area contributed by atoms with Crippen LogP contribution in [-0.4, -0.2) is 5.91 Å². The number of anilines is 1. The summed E-state index contributed by atoms with van der Waals surface area (Å²) in [5, 5.41) is 3.01. The number of benzene rings is 1. The number of nitrogen functional groups attached to an aromatic ring is 1. The van der Waals surface area contributed by atoms with Crippen molar-refractivity contribution in [1.82, 2.24) is 5.32 Å². The number of hydrogen-bond acceptors (Lipinski definition) is 3. The molecule has 1 aromatic heterocycles. The lowest BCUT2D eigenvalue weighted by atomic mass is 10.1. The molecule has 0 saturated heterocycles. The summed E-state index contributed by atoms with van der Waals surface area (Å²) < 4.78 is 0. The highest BCUT2D eigenvalue weighted by Gasteiger charge is 2.14. The molecule has 100 valence electrons. The lowest BCUT2D eigenvalue weighted by Crippen LogP contribution is -2.26. The molecule has 4 heteroatoms. The van der Waals surface area contributed by atoms with Gasteiger partial charge in [-0.2, -0.15) is 0 Å². The molecule has 1 amide bonds. The number of amides is 1. The van der Waals surface area contributed by atoms with Gasteiger partial charge in [0.25, 0.3) is 5.91 Å². The molecule has 0 aliphatic rings. The first kappa shape index (κ1) is 13.6. The molecule has 1 heterocycles. The fraction of sp³-hybridized carbons (Fsp3) is 0.267. The molecule has 19 heavy (non-hydrogen) atoms. The summed E-state index contributed by atoms with van der Waals surface area (Å²) in [4.78, 5) is 14.6. The minimum atomic E-state index is -0.0734. The Morgan fingerprint density at radius 2 is 1.89 bits per heavy atom. The lowest BCUT2D eigenvalue weighted by molar-refractivity contribution is 0.0940. The van der Waals surface area contributed by atoms with Gasteiger partial charge in [-0.3, -0.25) is 4.79 Å². The minimum absolute atomic E-state index is 0.00926. The van der Waals surface area contributed by atoms with Crippen molar-refractivity contribution in [2.24, 2.45) is 0 Å². The van der Waals surface area contributed by atoms with E-state index in [9.17, 15) is 4.79 Å². The molecule has 3 nitrogen and oxygen atoms in total. The van der Waals surface area contributed by atoms with Crippen LogP contribution in [0.15, 0.2) is 30.3 Å². The van der Waals surface area contributed by atoms with Crippen LogP contribution >= 0.6 is 11.3 Å². The van der Waals surface area contributed by atoms with Gasteiger partial charge < -0.3 is 11.1 Å². The van der Waals surface area contributed by atoms with Gasteiger partial charge in [0.1, 0.15) is 0 Å². The number of hydrogen-bond donors (Lipinski definition) is 2. The highest BCUT2D eigenvalue weighted by Crippen LogP contribution is 2.26. The van der Waals surface area contributed by atoms with Gasteiger partial charge in [-0.15, -0.1) is 11.3 Å². The fourth-order valence-electron chi connectivity index (χ4n) is 2.07. The van der Waals surface area contributed by atoms with E-state index in [4.69, 9.17) is 5.73 Å². The van der Waals surface area contributed by atoms with Crippen molar-refractivity contribution in [3.63, 3.8) is 0 Å². The molecule has 0 spiro atoms. The molecule has 1 aromatic carbocycles. The number of rotatable bonds is 3. The van der Waals surface area contributed by atoms with Gasteiger partial charge in [0.2, 0.25) is 0 Å². The monoisotopic (exact) mass is 274 g/mol. The second kappa shape index (κ2) is 5.45. The SMILES string of the molecule is Cc1cc(C(C)NC(=O)c2ccc(N)cc2)c(C)s1. The zero-order valence-corrected chi connectivity index (χ0v) is 12.2. The number of thiophene rings is 1. The van der Waals surface area contributed by atoms with Crippen molar-refractivity contribution in [3.05, 3.63) is 51.2 Å². The average Bonchev–Trinajstić information content (AvgIpc) is 2.69. The third kappa shape index (κ3) is 3.15. The summed E-state index contributed by atoms with van der Waals surface area (Å²) in [6, 6.07) is 9.09. The summed E-state index contributed by atoms with van der Waals surface area (Å²) in [6.45, 7) is 6.16. The summed E-state index contributed by atoms with van der Waals surface area (Å²) in [5.74, 6) is -0.0734. The first-order chi connectivity index (χ1) is 8.97. The van der Waals surface area contributed by atoms with Crippen molar-refractivity contribution >= 4 is 22.9 Å². The van der Waals surface area contributed by atoms with Gasteiger partial charge in [0, 0.05) is 21.0 Å². The molecule has 0 aliphatic heterocycles. The van der Waals surface area contributed by atoms with Crippen molar-refractivity contribution in [1.29, 1.82) is 0 Å². The van der Waals surface area contributed by atoms with E-state index in [2.05, 4.69) is 25.2 Å². The highest BCUT2D eigenvalue weighted by atomic mass is 32.1. The minimum Gasteiger partial charge on any atom is -0.399 e. The topological polar surface area (TPSA) is 55.1 Å². The van der Waals surface area contributed by atoms with Gasteiger partial charge in [0.15, 0.2) is 0 Å². The fourth-order valence-corrected chi connectivity index (χ4v) is 3.10. The van der Waals surface area contributed by atoms with Crippen molar-refractivity contribution in [3.8, 4) is 0 Å². The van der Waals surface area contributed by atoms with Gasteiger partial charge in [-0.25, -0.2) is 0 Å². The van der Waals surface area contributed by atoms with E-state index < -0.39 is 0 Å². The van der Waals surface area contributed by atoms with E-state index in [0.717, 1.165) is 0 Å². The Balaban J connectivity index is 2.10. The average molecular weight is 274 g/mol. The maximum absolute atomic E-state index is 12.1. The maximum Gasteiger partial charge on any atom is 0.251 e. The van der Waals surface area contributed by atoms with Crippen molar-refractivity contribution in [2.75, 3.05) is 5.73 Å². The molecule has 1 unspecified atom stereocenters. The molecular weight excluding hydrogens is 256 g/mol. The number of carbonyl (C=O) groups is 1. The van der Waals surface area contributed by atoms with Crippen LogP contribution < -0.4 is 11.1 Å². The number of nitrogens with one attached hydrogen (secondary N) is 1. The van der Waals surface area contributed by atoms with Gasteiger partial charge in [-0.05, 0) is 56.7 Å². The van der Waals surface area contributed by atoms with Crippen LogP contribution in [0.1, 0.15) is 38.6 Å². The molecule has 0 radical (unpaired) electrons. The third-order valence-electron chi connectivity index (χ3n) is 3.07. The summed E-state index contributed by atoms with van der Waals surface area (Å²) in [5.41, 5.74) is 8.09. The summed E-state index contributed by atoms with van der Waals surface area (Å²) >= 11 is 1.75. The van der Waals surface area contributed by atoms with E-state index >= 15 is 0 Å². The first-order valence-corrected chi connectivity index (χ1v) is 7.02. The highest BCUT2D eigenvalue weighted by molar-refractivity contribution is 7.12. The Morgan fingerprint density at radius 3 is 2.42 bits per heavy atom. The van der Waals surface area contributed by atoms with Crippen LogP contribution in [0.25, 0.3) is 0 Å². The third-order valence-corrected chi connectivity index (χ3v) is 4.05. The lowest BCUT2D eigenvalue weighted by Gasteiger charge is -2.14. The quantitative estimate of drug-likeness (QED) is 0.842. The Labute approximate surface area is 117 Å². The van der Waals surface area contributed by atoms with Crippen LogP contribution in [0.2, 0.25) is 0 Å². The zero-order chi connectivity index (χ0) is 14.0. The molecule has 0 saturated carbocycles. The molecular formula is C15H18N2OS. The molecule has 0 bridgehead atoms. The predicted molar refractivity (Wildman–Crippen MR) is 80.5 cm³/mol. The Hall–Kier alpha value is -1.81. The van der Waals surface area contributed by atoms with E-state index in [-0.39, 0.29) is 11.9 Å². The normalized spacial score (nSPS) is 12.2. The molecule has 0 fully saturated rings. The van der Waals surface area contributed by atoms with Gasteiger partial charge >= 0.3 is 0 Å². The molecule has 0 aliphatic carbocycles. The first-order valence-electron chi connectivity index (χ1n) is 6.20. The number of nitrogens with two attached hydrogens (primary N) is 1. The van der Waals surface area contributed by atoms with E-state index in [1.807, 2.05) is 6.92 Å². The second-order valence-corrected chi connectivity index (χ2v) is 6.15. The van der Waals surface area contributed by atoms with Crippen LogP contribution in [-0.2, 0) is 0 Å². The number of carbonyl (C=O) groups excluding carboxylic acids is 1. The molecule has 2 aromatic rings.